The minimum Gasteiger partial charge on any atom is -0.490 e. The molecular formula is C22H39NO8P+. The monoisotopic (exact) mass is 476 g/mol. The Morgan fingerprint density at radius 2 is 1.62 bits per heavy atom. The Balaban J connectivity index is 2.43. The molecule has 0 aliphatic heterocycles. The first-order valence-electron chi connectivity index (χ1n) is 11.0. The van der Waals surface area contributed by atoms with Gasteiger partial charge < -0.3 is 24.0 Å². The molecule has 1 aromatic rings. The van der Waals surface area contributed by atoms with Crippen LogP contribution in [-0.2, 0) is 18.4 Å². The maximum absolute atomic E-state index is 12.2. The zero-order valence-electron chi connectivity index (χ0n) is 19.9. The summed E-state index contributed by atoms with van der Waals surface area (Å²) in [5, 5.41) is 9.02. The predicted octanol–water partition coefficient (Wildman–Crippen LogP) is 4.10. The minimum absolute atomic E-state index is 0.00675. The number of benzene rings is 1. The van der Waals surface area contributed by atoms with E-state index in [1.54, 1.807) is 0 Å². The van der Waals surface area contributed by atoms with E-state index in [0.29, 0.717) is 35.4 Å². The molecule has 0 fully saturated rings. The van der Waals surface area contributed by atoms with Gasteiger partial charge in [0.1, 0.15) is 12.6 Å². The van der Waals surface area contributed by atoms with Crippen molar-refractivity contribution in [3.63, 3.8) is 0 Å². The molecule has 2 N–H and O–H groups in total. The quantitative estimate of drug-likeness (QED) is 0.196. The largest absolute Gasteiger partial charge is 0.490 e. The lowest BCUT2D eigenvalue weighted by Gasteiger charge is -2.29. The van der Waals surface area contributed by atoms with E-state index in [9.17, 15) is 14.3 Å². The molecule has 0 heterocycles. The number of hydrogen-bond acceptors (Lipinski definition) is 6. The number of phosphoric acid groups is 1. The topological polar surface area (TPSA) is 112 Å². The van der Waals surface area contributed by atoms with Gasteiger partial charge in [-0.05, 0) is 37.8 Å². The van der Waals surface area contributed by atoms with Crippen LogP contribution in [0.15, 0.2) is 24.3 Å². The molecule has 1 unspecified atom stereocenters. The number of nitrogens with zero attached hydrogens (tertiary/aromatic N) is 1. The van der Waals surface area contributed by atoms with E-state index in [4.69, 9.17) is 23.6 Å². The predicted molar refractivity (Wildman–Crippen MR) is 122 cm³/mol. The van der Waals surface area contributed by atoms with E-state index < -0.39 is 19.9 Å². The number of para-hydroxylation sites is 2. The second-order valence-corrected chi connectivity index (χ2v) is 10.1. The smallest absolute Gasteiger partial charge is 0.472 e. The van der Waals surface area contributed by atoms with Crippen LogP contribution in [0.1, 0.15) is 46.0 Å². The molecule has 0 amide bonds. The van der Waals surface area contributed by atoms with Crippen molar-refractivity contribution in [2.24, 2.45) is 0 Å². The van der Waals surface area contributed by atoms with E-state index in [1.165, 1.54) is 0 Å². The summed E-state index contributed by atoms with van der Waals surface area (Å²) in [7, 11) is 1.16. The third kappa shape index (κ3) is 12.4. The molecule has 0 saturated carbocycles. The Kier molecular flexibility index (Phi) is 12.2. The van der Waals surface area contributed by atoms with Crippen LogP contribution in [0.5, 0.6) is 11.5 Å². The normalized spacial score (nSPS) is 14.7. The standard InChI is InChI=1S/C22H38NO8P/c1-6-18(7-2)30-21-13-9-8-12-20(21)28-14-10-11-15-29-32(26,27)31-19(16-22(24)25)17-23(3,4)5/h8-9,12-13,18-19H,6-7,10-11,14-17H2,1-5H3,(H-,24,25,26,27)/p+1/t19-/m1/s1. The van der Waals surface area contributed by atoms with Crippen molar-refractivity contribution in [1.29, 1.82) is 0 Å². The van der Waals surface area contributed by atoms with E-state index in [-0.39, 0.29) is 25.7 Å². The van der Waals surface area contributed by atoms with Crippen molar-refractivity contribution in [2.75, 3.05) is 40.9 Å². The van der Waals surface area contributed by atoms with Crippen molar-refractivity contribution < 1.29 is 42.4 Å². The van der Waals surface area contributed by atoms with Crippen molar-refractivity contribution in [1.82, 2.24) is 0 Å². The number of carbonyl (C=O) groups is 1. The summed E-state index contributed by atoms with van der Waals surface area (Å²) in [5.41, 5.74) is 0. The molecule has 2 atom stereocenters. The van der Waals surface area contributed by atoms with Crippen LogP contribution in [0, 0.1) is 0 Å². The lowest BCUT2D eigenvalue weighted by atomic mass is 10.2. The zero-order valence-corrected chi connectivity index (χ0v) is 20.8. The molecule has 10 heteroatoms. The summed E-state index contributed by atoms with van der Waals surface area (Å²) in [6.45, 7) is 4.80. The van der Waals surface area contributed by atoms with Crippen molar-refractivity contribution in [2.45, 2.75) is 58.2 Å². The Bertz CT molecular complexity index is 733. The van der Waals surface area contributed by atoms with Crippen LogP contribution in [0.4, 0.5) is 0 Å². The van der Waals surface area contributed by atoms with Crippen molar-refractivity contribution >= 4 is 13.8 Å². The third-order valence-electron chi connectivity index (χ3n) is 4.54. The molecule has 1 aromatic carbocycles. The Morgan fingerprint density at radius 1 is 1.03 bits per heavy atom. The molecule has 0 aliphatic carbocycles. The molecule has 0 aliphatic rings. The SMILES string of the molecule is CCC(CC)Oc1ccccc1OCCCCOP(=O)(O)O[C@H](CC(=O)O)C[N+](C)(C)C. The lowest BCUT2D eigenvalue weighted by molar-refractivity contribution is -0.873. The first-order valence-corrected chi connectivity index (χ1v) is 12.5. The summed E-state index contributed by atoms with van der Waals surface area (Å²) in [4.78, 5) is 21.0. The summed E-state index contributed by atoms with van der Waals surface area (Å²) in [5.74, 6) is 0.259. The summed E-state index contributed by atoms with van der Waals surface area (Å²) in [6.07, 6.45) is 1.71. The molecule has 9 nitrogen and oxygen atoms in total. The van der Waals surface area contributed by atoms with Gasteiger partial charge in [0.15, 0.2) is 11.5 Å². The fourth-order valence-corrected chi connectivity index (χ4v) is 3.97. The highest BCUT2D eigenvalue weighted by Crippen LogP contribution is 2.45. The molecule has 0 saturated heterocycles. The van der Waals surface area contributed by atoms with Gasteiger partial charge in [-0.25, -0.2) is 4.57 Å². The van der Waals surface area contributed by atoms with Crippen LogP contribution in [0.25, 0.3) is 0 Å². The highest BCUT2D eigenvalue weighted by molar-refractivity contribution is 7.47. The molecule has 1 rings (SSSR count). The van der Waals surface area contributed by atoms with E-state index >= 15 is 0 Å². The minimum atomic E-state index is -4.36. The Labute approximate surface area is 191 Å². The molecule has 184 valence electrons. The van der Waals surface area contributed by atoms with Crippen LogP contribution in [0.3, 0.4) is 0 Å². The average molecular weight is 477 g/mol. The fraction of sp³-hybridized carbons (Fsp3) is 0.682. The van der Waals surface area contributed by atoms with Gasteiger partial charge in [0.25, 0.3) is 0 Å². The zero-order chi connectivity index (χ0) is 24.2. The highest BCUT2D eigenvalue weighted by Gasteiger charge is 2.31. The molecular weight excluding hydrogens is 437 g/mol. The van der Waals surface area contributed by atoms with Gasteiger partial charge in [0.05, 0.1) is 46.9 Å². The van der Waals surface area contributed by atoms with E-state index in [2.05, 4.69) is 13.8 Å². The Morgan fingerprint density at radius 3 is 2.19 bits per heavy atom. The highest BCUT2D eigenvalue weighted by atomic mass is 31.2. The van der Waals surface area contributed by atoms with Gasteiger partial charge in [-0.15, -0.1) is 0 Å². The van der Waals surface area contributed by atoms with Gasteiger partial charge in [-0.2, -0.15) is 0 Å². The lowest BCUT2D eigenvalue weighted by Crippen LogP contribution is -2.42. The van der Waals surface area contributed by atoms with Gasteiger partial charge in [-0.3, -0.25) is 13.8 Å². The number of aliphatic carboxylic acids is 1. The molecule has 0 aromatic heterocycles. The number of quaternary nitrogens is 1. The van der Waals surface area contributed by atoms with Crippen LogP contribution < -0.4 is 9.47 Å². The van der Waals surface area contributed by atoms with E-state index in [1.807, 2.05) is 45.4 Å². The number of rotatable bonds is 17. The number of likely N-dealkylation sites (N-methyl/N-ethyl adjacent to an activating group) is 1. The maximum Gasteiger partial charge on any atom is 0.472 e. The molecule has 32 heavy (non-hydrogen) atoms. The van der Waals surface area contributed by atoms with E-state index in [0.717, 1.165) is 12.8 Å². The van der Waals surface area contributed by atoms with Crippen molar-refractivity contribution in [3.8, 4) is 11.5 Å². The first-order chi connectivity index (χ1) is 15.0. The summed E-state index contributed by atoms with van der Waals surface area (Å²) >= 11 is 0. The number of ether oxygens (including phenoxy) is 2. The maximum atomic E-state index is 12.2. The second kappa shape index (κ2) is 13.8. The van der Waals surface area contributed by atoms with Crippen LogP contribution >= 0.6 is 7.82 Å². The van der Waals surface area contributed by atoms with Gasteiger partial charge in [-0.1, -0.05) is 26.0 Å². The molecule has 0 bridgehead atoms. The number of carboxylic acids is 1. The molecule has 0 spiro atoms. The number of carboxylic acid groups (broad SMARTS) is 1. The van der Waals surface area contributed by atoms with Gasteiger partial charge in [0, 0.05) is 0 Å². The fourth-order valence-electron chi connectivity index (χ4n) is 3.03. The number of phosphoric ester groups is 1. The van der Waals surface area contributed by atoms with Gasteiger partial charge in [0.2, 0.25) is 0 Å². The van der Waals surface area contributed by atoms with Crippen molar-refractivity contribution in [3.05, 3.63) is 24.3 Å². The number of hydrogen-bond donors (Lipinski definition) is 2. The second-order valence-electron chi connectivity index (χ2n) is 8.66. The summed E-state index contributed by atoms with van der Waals surface area (Å²) in [6, 6.07) is 7.50. The van der Waals surface area contributed by atoms with Crippen LogP contribution in [-0.4, -0.2) is 73.6 Å². The van der Waals surface area contributed by atoms with Gasteiger partial charge >= 0.3 is 13.8 Å². The first kappa shape index (κ1) is 28.4. The average Bonchev–Trinajstić information content (AvgIpc) is 2.67. The summed E-state index contributed by atoms with van der Waals surface area (Å²) < 4.78 is 34.5. The third-order valence-corrected chi connectivity index (χ3v) is 5.61. The number of unbranched alkanes of at least 4 members (excludes halogenated alkanes) is 1. The molecule has 0 radical (unpaired) electrons. The van der Waals surface area contributed by atoms with Crippen LogP contribution in [0.2, 0.25) is 0 Å². The Hall–Kier alpha value is -1.64.